The zero-order chi connectivity index (χ0) is 11.2. The van der Waals surface area contributed by atoms with Crippen molar-refractivity contribution >= 4 is 0 Å². The number of hydrogen-bond acceptors (Lipinski definition) is 2. The molecule has 1 aliphatic heterocycles. The summed E-state index contributed by atoms with van der Waals surface area (Å²) in [5, 5.41) is 13.6. The molecule has 2 nitrogen and oxygen atoms in total. The van der Waals surface area contributed by atoms with Gasteiger partial charge in [-0.1, -0.05) is 30.3 Å². The van der Waals surface area contributed by atoms with E-state index in [-0.39, 0.29) is 6.10 Å². The molecule has 16 heavy (non-hydrogen) atoms. The summed E-state index contributed by atoms with van der Waals surface area (Å²) in [4.78, 5) is 0. The maximum absolute atomic E-state index is 10.2. The van der Waals surface area contributed by atoms with E-state index in [9.17, 15) is 5.11 Å². The zero-order valence-electron chi connectivity index (χ0n) is 9.73. The summed E-state index contributed by atoms with van der Waals surface area (Å²) >= 11 is 0. The van der Waals surface area contributed by atoms with Crippen LogP contribution in [0.4, 0.5) is 0 Å². The molecule has 2 unspecified atom stereocenters. The summed E-state index contributed by atoms with van der Waals surface area (Å²) in [6, 6.07) is 10.3. The Morgan fingerprint density at radius 2 is 2.00 bits per heavy atom. The summed E-state index contributed by atoms with van der Waals surface area (Å²) < 4.78 is 0. The summed E-state index contributed by atoms with van der Waals surface area (Å²) in [6.07, 6.45) is 4.07. The van der Waals surface area contributed by atoms with E-state index in [1.165, 1.54) is 12.0 Å². The second-order valence-corrected chi connectivity index (χ2v) is 4.70. The van der Waals surface area contributed by atoms with E-state index in [2.05, 4.69) is 17.4 Å². The molecule has 88 valence electrons. The van der Waals surface area contributed by atoms with Crippen molar-refractivity contribution in [2.75, 3.05) is 13.1 Å². The van der Waals surface area contributed by atoms with Gasteiger partial charge in [-0.25, -0.2) is 0 Å². The fourth-order valence-electron chi connectivity index (χ4n) is 2.45. The van der Waals surface area contributed by atoms with Gasteiger partial charge in [0.25, 0.3) is 0 Å². The van der Waals surface area contributed by atoms with Crippen LogP contribution in [0, 0.1) is 5.92 Å². The number of benzene rings is 1. The van der Waals surface area contributed by atoms with Gasteiger partial charge in [-0.15, -0.1) is 0 Å². The van der Waals surface area contributed by atoms with Gasteiger partial charge in [0, 0.05) is 0 Å². The van der Waals surface area contributed by atoms with Crippen LogP contribution in [0.3, 0.4) is 0 Å². The Kier molecular flexibility index (Phi) is 4.37. The maximum atomic E-state index is 10.2. The number of hydrogen-bond donors (Lipinski definition) is 2. The van der Waals surface area contributed by atoms with Crippen LogP contribution in [0.15, 0.2) is 30.3 Å². The molecule has 1 saturated heterocycles. The Balaban J connectivity index is 1.89. The number of aliphatic hydroxyl groups is 1. The first-order valence-electron chi connectivity index (χ1n) is 6.29. The highest BCUT2D eigenvalue weighted by atomic mass is 16.3. The van der Waals surface area contributed by atoms with Gasteiger partial charge in [-0.2, -0.15) is 0 Å². The van der Waals surface area contributed by atoms with Gasteiger partial charge in [-0.3, -0.25) is 0 Å². The zero-order valence-corrected chi connectivity index (χ0v) is 9.73. The number of aliphatic hydroxyl groups excluding tert-OH is 1. The number of rotatable bonds is 3. The lowest BCUT2D eigenvalue weighted by molar-refractivity contribution is 0.100. The predicted octanol–water partition coefficient (Wildman–Crippen LogP) is 1.98. The molecule has 2 N–H and O–H groups in total. The standard InChI is InChI=1S/C14H21NO/c16-14(11-12-5-2-1-3-6-12)13-7-4-9-15-10-8-13/h1-3,5-6,13-16H,4,7-11H2. The summed E-state index contributed by atoms with van der Waals surface area (Å²) in [5.74, 6) is 0.468. The first kappa shape index (κ1) is 11.6. The normalized spacial score (nSPS) is 23.7. The van der Waals surface area contributed by atoms with Crippen molar-refractivity contribution in [1.29, 1.82) is 0 Å². The van der Waals surface area contributed by atoms with Crippen LogP contribution in [0.1, 0.15) is 24.8 Å². The Hall–Kier alpha value is -0.860. The SMILES string of the molecule is OC(Cc1ccccc1)C1CCCNCC1. The minimum atomic E-state index is -0.178. The van der Waals surface area contributed by atoms with E-state index in [1.807, 2.05) is 18.2 Å². The molecule has 1 aliphatic rings. The Morgan fingerprint density at radius 3 is 2.81 bits per heavy atom. The molecular weight excluding hydrogens is 198 g/mol. The van der Waals surface area contributed by atoms with Gasteiger partial charge >= 0.3 is 0 Å². The van der Waals surface area contributed by atoms with Crippen LogP contribution in [0.2, 0.25) is 0 Å². The quantitative estimate of drug-likeness (QED) is 0.814. The van der Waals surface area contributed by atoms with E-state index >= 15 is 0 Å². The maximum Gasteiger partial charge on any atom is 0.0609 e. The van der Waals surface area contributed by atoms with Crippen molar-refractivity contribution in [1.82, 2.24) is 5.32 Å². The van der Waals surface area contributed by atoms with Crippen LogP contribution in [-0.2, 0) is 6.42 Å². The lowest BCUT2D eigenvalue weighted by Gasteiger charge is -2.20. The Bertz CT molecular complexity index is 291. The molecular formula is C14H21NO. The topological polar surface area (TPSA) is 32.3 Å². The van der Waals surface area contributed by atoms with E-state index in [0.717, 1.165) is 32.4 Å². The van der Waals surface area contributed by atoms with E-state index in [1.54, 1.807) is 0 Å². The van der Waals surface area contributed by atoms with Crippen LogP contribution < -0.4 is 5.32 Å². The highest BCUT2D eigenvalue weighted by Crippen LogP contribution is 2.20. The molecule has 0 saturated carbocycles. The molecule has 1 aromatic rings. The second-order valence-electron chi connectivity index (χ2n) is 4.70. The van der Waals surface area contributed by atoms with Crippen molar-refractivity contribution < 1.29 is 5.11 Å². The molecule has 0 aromatic heterocycles. The van der Waals surface area contributed by atoms with Gasteiger partial charge < -0.3 is 10.4 Å². The average Bonchev–Trinajstić information content (AvgIpc) is 2.59. The predicted molar refractivity (Wildman–Crippen MR) is 66.4 cm³/mol. The smallest absolute Gasteiger partial charge is 0.0609 e. The molecule has 2 atom stereocenters. The second kappa shape index (κ2) is 6.02. The van der Waals surface area contributed by atoms with Gasteiger partial charge in [0.05, 0.1) is 6.10 Å². The molecule has 1 heterocycles. The summed E-state index contributed by atoms with van der Waals surface area (Å²) in [7, 11) is 0. The lowest BCUT2D eigenvalue weighted by Crippen LogP contribution is -2.24. The van der Waals surface area contributed by atoms with Crippen molar-refractivity contribution in [3.05, 3.63) is 35.9 Å². The third-order valence-corrected chi connectivity index (χ3v) is 3.45. The van der Waals surface area contributed by atoms with Crippen LogP contribution >= 0.6 is 0 Å². The molecule has 1 fully saturated rings. The van der Waals surface area contributed by atoms with Gasteiger partial charge in [0.1, 0.15) is 0 Å². The highest BCUT2D eigenvalue weighted by molar-refractivity contribution is 5.15. The van der Waals surface area contributed by atoms with Crippen molar-refractivity contribution in [2.24, 2.45) is 5.92 Å². The minimum absolute atomic E-state index is 0.178. The van der Waals surface area contributed by atoms with Gasteiger partial charge in [0.2, 0.25) is 0 Å². The first-order valence-corrected chi connectivity index (χ1v) is 6.29. The Morgan fingerprint density at radius 1 is 1.19 bits per heavy atom. The molecule has 2 heteroatoms. The van der Waals surface area contributed by atoms with E-state index < -0.39 is 0 Å². The molecule has 0 radical (unpaired) electrons. The van der Waals surface area contributed by atoms with E-state index in [0.29, 0.717) is 5.92 Å². The van der Waals surface area contributed by atoms with Gasteiger partial charge in [0.15, 0.2) is 0 Å². The van der Waals surface area contributed by atoms with Gasteiger partial charge in [-0.05, 0) is 50.3 Å². The van der Waals surface area contributed by atoms with Crippen LogP contribution in [-0.4, -0.2) is 24.3 Å². The third-order valence-electron chi connectivity index (χ3n) is 3.45. The minimum Gasteiger partial charge on any atom is -0.392 e. The fraction of sp³-hybridized carbons (Fsp3) is 0.571. The largest absolute Gasteiger partial charge is 0.392 e. The van der Waals surface area contributed by atoms with E-state index in [4.69, 9.17) is 0 Å². The van der Waals surface area contributed by atoms with Crippen molar-refractivity contribution in [3.63, 3.8) is 0 Å². The molecule has 1 aromatic carbocycles. The third kappa shape index (κ3) is 3.32. The van der Waals surface area contributed by atoms with Crippen LogP contribution in [0.25, 0.3) is 0 Å². The lowest BCUT2D eigenvalue weighted by atomic mass is 9.90. The first-order chi connectivity index (χ1) is 7.86. The monoisotopic (exact) mass is 219 g/mol. The fourth-order valence-corrected chi connectivity index (χ4v) is 2.45. The molecule has 0 bridgehead atoms. The Labute approximate surface area is 97.7 Å². The molecule has 2 rings (SSSR count). The number of nitrogens with one attached hydrogen (secondary N) is 1. The highest BCUT2D eigenvalue weighted by Gasteiger charge is 2.20. The van der Waals surface area contributed by atoms with Crippen molar-refractivity contribution in [2.45, 2.75) is 31.8 Å². The molecule has 0 spiro atoms. The van der Waals surface area contributed by atoms with Crippen LogP contribution in [0.5, 0.6) is 0 Å². The summed E-state index contributed by atoms with van der Waals surface area (Å²) in [6.45, 7) is 2.16. The molecule has 0 amide bonds. The van der Waals surface area contributed by atoms with Crippen molar-refractivity contribution in [3.8, 4) is 0 Å². The summed E-state index contributed by atoms with van der Waals surface area (Å²) in [5.41, 5.74) is 1.24. The average molecular weight is 219 g/mol. The molecule has 0 aliphatic carbocycles.